The molecule has 4 rings (SSSR count). The molecule has 3 heterocycles. The molecule has 1 aliphatic heterocycles. The molecule has 33 heavy (non-hydrogen) atoms. The summed E-state index contributed by atoms with van der Waals surface area (Å²) in [5.74, 6) is -1.34. The molecular formula is C21H21F4N5O3. The number of carbonyl (C=O) groups is 1. The third-order valence-corrected chi connectivity index (χ3v) is 5.65. The van der Waals surface area contributed by atoms with Gasteiger partial charge in [0.15, 0.2) is 5.65 Å². The van der Waals surface area contributed by atoms with Crippen LogP contribution in [0.25, 0.3) is 5.65 Å². The van der Waals surface area contributed by atoms with Gasteiger partial charge in [-0.05, 0) is 42.7 Å². The number of benzene rings is 1. The maximum absolute atomic E-state index is 13.9. The minimum absolute atomic E-state index is 0.0539. The van der Waals surface area contributed by atoms with E-state index in [2.05, 4.69) is 10.1 Å². The molecule has 0 spiro atoms. The fourth-order valence-electron chi connectivity index (χ4n) is 4.24. The number of alkyl halides is 3. The number of aliphatic hydroxyl groups excluding tert-OH is 2. The maximum atomic E-state index is 13.9. The second-order valence-corrected chi connectivity index (χ2v) is 7.86. The number of aromatic nitrogens is 3. The largest absolute Gasteiger partial charge is 0.416 e. The highest BCUT2D eigenvalue weighted by molar-refractivity contribution is 6.00. The number of primary amides is 1. The van der Waals surface area contributed by atoms with Gasteiger partial charge in [0.05, 0.1) is 30.0 Å². The average molecular weight is 467 g/mol. The zero-order chi connectivity index (χ0) is 23.9. The predicted molar refractivity (Wildman–Crippen MR) is 109 cm³/mol. The molecule has 176 valence electrons. The van der Waals surface area contributed by atoms with Gasteiger partial charge in [-0.3, -0.25) is 4.79 Å². The Morgan fingerprint density at radius 2 is 2.06 bits per heavy atom. The highest BCUT2D eigenvalue weighted by Gasteiger charge is 2.38. The van der Waals surface area contributed by atoms with Crippen molar-refractivity contribution in [2.75, 3.05) is 18.1 Å². The first-order valence-corrected chi connectivity index (χ1v) is 10.2. The predicted octanol–water partition coefficient (Wildman–Crippen LogP) is 2.22. The smallest absolute Gasteiger partial charge is 0.394 e. The average Bonchev–Trinajstić information content (AvgIpc) is 3.36. The first-order chi connectivity index (χ1) is 15.6. The van der Waals surface area contributed by atoms with E-state index in [0.29, 0.717) is 19.4 Å². The van der Waals surface area contributed by atoms with E-state index in [4.69, 9.17) is 10.8 Å². The topological polar surface area (TPSA) is 117 Å². The monoisotopic (exact) mass is 467 g/mol. The van der Waals surface area contributed by atoms with Crippen molar-refractivity contribution in [3.05, 3.63) is 58.7 Å². The third-order valence-electron chi connectivity index (χ3n) is 5.65. The molecule has 0 aliphatic carbocycles. The first kappa shape index (κ1) is 22.9. The van der Waals surface area contributed by atoms with Crippen LogP contribution < -0.4 is 10.6 Å². The van der Waals surface area contributed by atoms with E-state index < -0.39 is 42.2 Å². The van der Waals surface area contributed by atoms with Gasteiger partial charge in [-0.15, -0.1) is 0 Å². The highest BCUT2D eigenvalue weighted by Crippen LogP contribution is 2.42. The fraction of sp³-hybridized carbons (Fsp3) is 0.381. The molecule has 12 heteroatoms. The lowest BCUT2D eigenvalue weighted by Gasteiger charge is -2.28. The van der Waals surface area contributed by atoms with E-state index in [-0.39, 0.29) is 34.7 Å². The van der Waals surface area contributed by atoms with Crippen molar-refractivity contribution < 1.29 is 32.6 Å². The molecule has 0 unspecified atom stereocenters. The Hall–Kier alpha value is -3.25. The highest BCUT2D eigenvalue weighted by atomic mass is 19.4. The standard InChI is InChI=1S/C21H21F4N5O3/c22-11-3-4-14(21(23,24)25)13(8-11)16-2-1-6-29(16)17-5-7-30-20(27-17)18(19(26)33)15(28-30)9-12(32)10-31/h3-5,7-8,12,16,31-32H,1-2,6,9-10H2,(H2,26,33)/t12-,16+/m0/s1. The summed E-state index contributed by atoms with van der Waals surface area (Å²) in [4.78, 5) is 18.1. The molecule has 4 N–H and O–H groups in total. The molecule has 1 aromatic carbocycles. The lowest BCUT2D eigenvalue weighted by atomic mass is 9.97. The van der Waals surface area contributed by atoms with Crippen molar-refractivity contribution in [2.45, 2.75) is 37.6 Å². The number of fused-ring (bicyclic) bond motifs is 1. The number of aliphatic hydroxyl groups is 2. The Morgan fingerprint density at radius 3 is 2.73 bits per heavy atom. The SMILES string of the molecule is NC(=O)c1c(C[C@H](O)CO)nn2ccc(N3CCC[C@@H]3c3cc(F)ccc3C(F)(F)F)nc12. The van der Waals surface area contributed by atoms with E-state index in [9.17, 15) is 27.5 Å². The van der Waals surface area contributed by atoms with Crippen LogP contribution in [0.2, 0.25) is 0 Å². The summed E-state index contributed by atoms with van der Waals surface area (Å²) in [6.45, 7) is -0.173. The van der Waals surface area contributed by atoms with E-state index in [0.717, 1.165) is 18.2 Å². The minimum atomic E-state index is -4.65. The van der Waals surface area contributed by atoms with Crippen LogP contribution in [0.3, 0.4) is 0 Å². The number of carbonyl (C=O) groups excluding carboxylic acids is 1. The van der Waals surface area contributed by atoms with E-state index in [1.807, 2.05) is 0 Å². The van der Waals surface area contributed by atoms with Crippen molar-refractivity contribution in [1.82, 2.24) is 14.6 Å². The second-order valence-electron chi connectivity index (χ2n) is 7.86. The summed E-state index contributed by atoms with van der Waals surface area (Å²) in [7, 11) is 0. The Balaban J connectivity index is 1.79. The molecule has 1 amide bonds. The van der Waals surface area contributed by atoms with Crippen LogP contribution in [0.15, 0.2) is 30.5 Å². The Labute approximate surface area is 185 Å². The zero-order valence-electron chi connectivity index (χ0n) is 17.3. The second kappa shape index (κ2) is 8.60. The number of halogens is 4. The minimum Gasteiger partial charge on any atom is -0.394 e. The molecular weight excluding hydrogens is 446 g/mol. The van der Waals surface area contributed by atoms with Crippen LogP contribution in [-0.4, -0.2) is 50.0 Å². The van der Waals surface area contributed by atoms with Gasteiger partial charge in [0, 0.05) is 19.2 Å². The summed E-state index contributed by atoms with van der Waals surface area (Å²) < 4.78 is 56.0. The van der Waals surface area contributed by atoms with Crippen molar-refractivity contribution in [3.8, 4) is 0 Å². The summed E-state index contributed by atoms with van der Waals surface area (Å²) in [5, 5.41) is 23.0. The van der Waals surface area contributed by atoms with Gasteiger partial charge in [0.2, 0.25) is 0 Å². The van der Waals surface area contributed by atoms with Gasteiger partial charge in [-0.1, -0.05) is 0 Å². The first-order valence-electron chi connectivity index (χ1n) is 10.2. The van der Waals surface area contributed by atoms with Crippen molar-refractivity contribution >= 4 is 17.4 Å². The molecule has 3 aromatic rings. The molecule has 0 saturated carbocycles. The van der Waals surface area contributed by atoms with Crippen LogP contribution in [0.5, 0.6) is 0 Å². The van der Waals surface area contributed by atoms with E-state index in [1.54, 1.807) is 4.90 Å². The van der Waals surface area contributed by atoms with Crippen LogP contribution in [0.1, 0.15) is 46.1 Å². The number of hydrogen-bond acceptors (Lipinski definition) is 6. The number of anilines is 1. The molecule has 0 bridgehead atoms. The number of hydrogen-bond donors (Lipinski definition) is 3. The van der Waals surface area contributed by atoms with Gasteiger partial charge < -0.3 is 20.8 Å². The van der Waals surface area contributed by atoms with Gasteiger partial charge >= 0.3 is 6.18 Å². The summed E-state index contributed by atoms with van der Waals surface area (Å²) in [5.41, 5.74) is 4.55. The molecule has 1 saturated heterocycles. The molecule has 2 atom stereocenters. The van der Waals surface area contributed by atoms with E-state index in [1.165, 1.54) is 16.8 Å². The van der Waals surface area contributed by atoms with Gasteiger partial charge in [0.25, 0.3) is 5.91 Å². The van der Waals surface area contributed by atoms with E-state index >= 15 is 0 Å². The summed E-state index contributed by atoms with van der Waals surface area (Å²) >= 11 is 0. The molecule has 1 aliphatic rings. The number of nitrogens with two attached hydrogens (primary N) is 1. The normalized spacial score (nSPS) is 17.6. The van der Waals surface area contributed by atoms with Crippen molar-refractivity contribution in [2.24, 2.45) is 5.73 Å². The van der Waals surface area contributed by atoms with Crippen LogP contribution in [-0.2, 0) is 12.6 Å². The quantitative estimate of drug-likeness (QED) is 0.479. The lowest BCUT2D eigenvalue weighted by Crippen LogP contribution is -2.26. The molecule has 1 fully saturated rings. The van der Waals surface area contributed by atoms with Gasteiger partial charge in [0.1, 0.15) is 17.2 Å². The number of rotatable bonds is 6. The number of nitrogens with zero attached hydrogens (tertiary/aromatic N) is 4. The Morgan fingerprint density at radius 1 is 1.30 bits per heavy atom. The number of amides is 1. The lowest BCUT2D eigenvalue weighted by molar-refractivity contribution is -0.138. The maximum Gasteiger partial charge on any atom is 0.416 e. The Bertz CT molecular complexity index is 1200. The van der Waals surface area contributed by atoms with Gasteiger partial charge in [-0.2, -0.15) is 18.3 Å². The van der Waals surface area contributed by atoms with Gasteiger partial charge in [-0.25, -0.2) is 13.9 Å². The molecule has 2 aromatic heterocycles. The van der Waals surface area contributed by atoms with Crippen LogP contribution in [0, 0.1) is 5.82 Å². The van der Waals surface area contributed by atoms with Crippen LogP contribution in [0.4, 0.5) is 23.4 Å². The van der Waals surface area contributed by atoms with Crippen molar-refractivity contribution in [1.29, 1.82) is 0 Å². The van der Waals surface area contributed by atoms with Crippen LogP contribution >= 0.6 is 0 Å². The Kier molecular flexibility index (Phi) is 5.97. The van der Waals surface area contributed by atoms with Crippen molar-refractivity contribution in [3.63, 3.8) is 0 Å². The third kappa shape index (κ3) is 4.35. The summed E-state index contributed by atoms with van der Waals surface area (Å²) in [6.07, 6.45) is -3.56. The summed E-state index contributed by atoms with van der Waals surface area (Å²) in [6, 6.07) is 3.17. The molecule has 0 radical (unpaired) electrons. The fourth-order valence-corrected chi connectivity index (χ4v) is 4.24. The zero-order valence-corrected chi connectivity index (χ0v) is 17.3. The molecule has 8 nitrogen and oxygen atoms in total.